The van der Waals surface area contributed by atoms with Crippen LogP contribution in [0.2, 0.25) is 5.02 Å². The van der Waals surface area contributed by atoms with E-state index in [-0.39, 0.29) is 5.91 Å². The van der Waals surface area contributed by atoms with Gasteiger partial charge in [-0.05, 0) is 18.2 Å². The van der Waals surface area contributed by atoms with Gasteiger partial charge in [0.25, 0.3) is 0 Å². The number of carbonyl (C=O) groups is 1. The van der Waals surface area contributed by atoms with E-state index >= 15 is 0 Å². The molecule has 8 heteroatoms. The molecule has 0 radical (unpaired) electrons. The van der Waals surface area contributed by atoms with Crippen LogP contribution in [0, 0.1) is 0 Å². The summed E-state index contributed by atoms with van der Waals surface area (Å²) in [6.45, 7) is 1.42. The molecule has 2 aromatic rings. The molecule has 0 atom stereocenters. The van der Waals surface area contributed by atoms with E-state index in [1.807, 2.05) is 12.3 Å². The topological polar surface area (TPSA) is 74.5 Å². The van der Waals surface area contributed by atoms with Gasteiger partial charge >= 0.3 is 0 Å². The first kappa shape index (κ1) is 12.5. The molecule has 2 N–H and O–H groups in total. The average molecular weight is 291 g/mol. The van der Waals surface area contributed by atoms with Crippen LogP contribution in [-0.4, -0.2) is 15.6 Å². The highest BCUT2D eigenvalue weighted by atomic mass is 35.5. The lowest BCUT2D eigenvalue weighted by atomic mass is 10.3. The molecule has 1 aromatic heterocycles. The number of rotatable bonds is 2. The SMILES string of the molecule is CC(=O)Nc1nccn1N1C=c2ccc(Cl)cc2=NN1. The number of amides is 1. The van der Waals surface area contributed by atoms with Crippen LogP contribution in [0.5, 0.6) is 0 Å². The van der Waals surface area contributed by atoms with Crippen molar-refractivity contribution in [1.82, 2.24) is 15.2 Å². The molecule has 1 amide bonds. The first-order valence-corrected chi connectivity index (χ1v) is 6.22. The van der Waals surface area contributed by atoms with Gasteiger partial charge in [-0.3, -0.25) is 10.1 Å². The Labute approximate surface area is 119 Å². The van der Waals surface area contributed by atoms with Gasteiger partial charge in [0.1, 0.15) is 0 Å². The van der Waals surface area contributed by atoms with Crippen molar-refractivity contribution in [1.29, 1.82) is 0 Å². The molecule has 3 rings (SSSR count). The lowest BCUT2D eigenvalue weighted by Crippen LogP contribution is -2.48. The predicted octanol–water partition coefficient (Wildman–Crippen LogP) is -0.0761. The minimum absolute atomic E-state index is 0.196. The summed E-state index contributed by atoms with van der Waals surface area (Å²) in [6, 6.07) is 5.42. The molecule has 20 heavy (non-hydrogen) atoms. The van der Waals surface area contributed by atoms with Crippen LogP contribution in [0.1, 0.15) is 6.92 Å². The third kappa shape index (κ3) is 2.30. The lowest BCUT2D eigenvalue weighted by Gasteiger charge is -2.23. The van der Waals surface area contributed by atoms with E-state index in [2.05, 4.69) is 20.9 Å². The second-order valence-corrected chi connectivity index (χ2v) is 4.60. The molecule has 102 valence electrons. The first-order chi connectivity index (χ1) is 9.63. The maximum atomic E-state index is 11.1. The molecule has 0 saturated carbocycles. The summed E-state index contributed by atoms with van der Waals surface area (Å²) < 4.78 is 1.63. The number of benzene rings is 1. The fraction of sp³-hybridized carbons (Fsp3) is 0.0833. The van der Waals surface area contributed by atoms with Crippen LogP contribution in [0.4, 0.5) is 5.95 Å². The minimum atomic E-state index is -0.196. The Bertz CT molecular complexity index is 783. The molecule has 1 aliphatic rings. The molecule has 0 aliphatic carbocycles. The number of carbonyl (C=O) groups excluding carboxylic acids is 1. The molecular weight excluding hydrogens is 280 g/mol. The van der Waals surface area contributed by atoms with Gasteiger partial charge in [-0.2, -0.15) is 15.8 Å². The van der Waals surface area contributed by atoms with E-state index < -0.39 is 0 Å². The molecule has 0 saturated heterocycles. The molecule has 1 aliphatic heterocycles. The van der Waals surface area contributed by atoms with Gasteiger partial charge in [-0.25, -0.2) is 9.66 Å². The van der Waals surface area contributed by atoms with Crippen LogP contribution >= 0.6 is 11.6 Å². The van der Waals surface area contributed by atoms with E-state index in [0.29, 0.717) is 11.0 Å². The summed E-state index contributed by atoms with van der Waals surface area (Å²) in [5.74, 6) is 0.201. The third-order valence-electron chi connectivity index (χ3n) is 2.67. The number of nitrogens with zero attached hydrogens (tertiary/aromatic N) is 4. The second kappa shape index (κ2) is 4.86. The number of nitrogens with one attached hydrogen (secondary N) is 2. The highest BCUT2D eigenvalue weighted by Crippen LogP contribution is 2.05. The molecule has 0 spiro atoms. The molecule has 1 aromatic carbocycles. The summed E-state index contributed by atoms with van der Waals surface area (Å²) in [4.78, 5) is 15.2. The Morgan fingerprint density at radius 1 is 1.45 bits per heavy atom. The Kier molecular flexibility index (Phi) is 3.03. The number of anilines is 1. The van der Waals surface area contributed by atoms with Crippen molar-refractivity contribution in [2.45, 2.75) is 6.92 Å². The number of imidazole rings is 1. The van der Waals surface area contributed by atoms with Crippen molar-refractivity contribution in [2.24, 2.45) is 5.10 Å². The summed E-state index contributed by atoms with van der Waals surface area (Å²) >= 11 is 5.92. The molecule has 0 fully saturated rings. The Balaban J connectivity index is 1.99. The number of hydrazine groups is 1. The van der Waals surface area contributed by atoms with Crippen LogP contribution in [0.15, 0.2) is 35.7 Å². The Hall–Kier alpha value is -2.54. The van der Waals surface area contributed by atoms with E-state index in [1.165, 1.54) is 6.92 Å². The highest BCUT2D eigenvalue weighted by Gasteiger charge is 2.11. The quantitative estimate of drug-likeness (QED) is 0.812. The summed E-state index contributed by atoms with van der Waals surface area (Å²) in [5.41, 5.74) is 2.83. The highest BCUT2D eigenvalue weighted by molar-refractivity contribution is 6.30. The smallest absolute Gasteiger partial charge is 0.230 e. The summed E-state index contributed by atoms with van der Waals surface area (Å²) in [7, 11) is 0. The minimum Gasteiger partial charge on any atom is -0.295 e. The zero-order valence-electron chi connectivity index (χ0n) is 10.5. The van der Waals surface area contributed by atoms with E-state index in [4.69, 9.17) is 11.6 Å². The van der Waals surface area contributed by atoms with E-state index in [1.54, 1.807) is 34.3 Å². The van der Waals surface area contributed by atoms with Crippen molar-refractivity contribution in [3.8, 4) is 0 Å². The number of hydrogen-bond donors (Lipinski definition) is 2. The molecule has 0 bridgehead atoms. The number of aromatic nitrogens is 2. The fourth-order valence-corrected chi connectivity index (χ4v) is 1.98. The van der Waals surface area contributed by atoms with Gasteiger partial charge in [0, 0.05) is 23.4 Å². The van der Waals surface area contributed by atoms with E-state index in [0.717, 1.165) is 10.6 Å². The zero-order valence-corrected chi connectivity index (χ0v) is 11.3. The number of fused-ring (bicyclic) bond motifs is 1. The Morgan fingerprint density at radius 3 is 3.10 bits per heavy atom. The Morgan fingerprint density at radius 2 is 2.30 bits per heavy atom. The zero-order chi connectivity index (χ0) is 14.1. The van der Waals surface area contributed by atoms with Crippen LogP contribution in [0.25, 0.3) is 6.20 Å². The molecular formula is C12H11ClN6O. The fourth-order valence-electron chi connectivity index (χ4n) is 1.82. The first-order valence-electron chi connectivity index (χ1n) is 5.85. The average Bonchev–Trinajstić information content (AvgIpc) is 2.85. The van der Waals surface area contributed by atoms with Crippen molar-refractivity contribution in [3.05, 3.63) is 46.2 Å². The van der Waals surface area contributed by atoms with Crippen LogP contribution < -0.4 is 26.5 Å². The van der Waals surface area contributed by atoms with Crippen molar-refractivity contribution in [2.75, 3.05) is 10.4 Å². The maximum absolute atomic E-state index is 11.1. The third-order valence-corrected chi connectivity index (χ3v) is 2.90. The van der Waals surface area contributed by atoms with Gasteiger partial charge in [-0.1, -0.05) is 11.6 Å². The molecule has 7 nitrogen and oxygen atoms in total. The number of hydrogen-bond acceptors (Lipinski definition) is 5. The molecule has 2 heterocycles. The normalized spacial score (nSPS) is 12.8. The van der Waals surface area contributed by atoms with Crippen molar-refractivity contribution in [3.63, 3.8) is 0 Å². The van der Waals surface area contributed by atoms with Gasteiger partial charge in [0.15, 0.2) is 0 Å². The van der Waals surface area contributed by atoms with Crippen LogP contribution in [-0.2, 0) is 4.79 Å². The largest absolute Gasteiger partial charge is 0.295 e. The summed E-state index contributed by atoms with van der Waals surface area (Å²) in [5, 5.41) is 10.7. The van der Waals surface area contributed by atoms with Gasteiger partial charge in [0.2, 0.25) is 11.9 Å². The monoisotopic (exact) mass is 290 g/mol. The van der Waals surface area contributed by atoms with Gasteiger partial charge in [-0.15, -0.1) is 0 Å². The van der Waals surface area contributed by atoms with Gasteiger partial charge in [0.05, 0.1) is 17.8 Å². The predicted molar refractivity (Wildman–Crippen MR) is 74.6 cm³/mol. The lowest BCUT2D eigenvalue weighted by molar-refractivity contribution is -0.114. The summed E-state index contributed by atoms with van der Waals surface area (Å²) in [6.07, 6.45) is 5.11. The van der Waals surface area contributed by atoms with Gasteiger partial charge < -0.3 is 0 Å². The molecule has 0 unspecified atom stereocenters. The van der Waals surface area contributed by atoms with Crippen molar-refractivity contribution < 1.29 is 4.79 Å². The van der Waals surface area contributed by atoms with Crippen LogP contribution in [0.3, 0.4) is 0 Å². The maximum Gasteiger partial charge on any atom is 0.230 e. The van der Waals surface area contributed by atoms with E-state index in [9.17, 15) is 4.79 Å². The standard InChI is InChI=1S/C12H11ClN6O/c1-8(20)15-12-14-4-5-18(12)19-7-9-2-3-10(13)6-11(9)16-17-19/h2-7,17H,1H3,(H,14,15,20). The second-order valence-electron chi connectivity index (χ2n) is 4.17. The van der Waals surface area contributed by atoms with Crippen molar-refractivity contribution >= 4 is 29.7 Å². The number of halogens is 1.